The Labute approximate surface area is 145 Å². The van der Waals surface area contributed by atoms with E-state index in [9.17, 15) is 14.4 Å². The van der Waals surface area contributed by atoms with Crippen molar-refractivity contribution in [2.45, 2.75) is 25.2 Å². The Morgan fingerprint density at radius 2 is 1.48 bits per heavy atom. The minimum Gasteiger partial charge on any atom is -0.299 e. The third kappa shape index (κ3) is 1.79. The molecule has 0 radical (unpaired) electrons. The Hall–Kier alpha value is -2.75. The zero-order chi connectivity index (χ0) is 17.3. The number of rotatable bonds is 1. The molecule has 2 amide bonds. The molecule has 0 unspecified atom stereocenters. The number of Topliss-reactive ketones (excluding diaryl/α,β-unsaturated/α-hetero) is 1. The van der Waals surface area contributed by atoms with Gasteiger partial charge in [-0.25, -0.2) is 0 Å². The molecule has 6 rings (SSSR count). The summed E-state index contributed by atoms with van der Waals surface area (Å²) in [6.45, 7) is 1.96. The highest BCUT2D eigenvalue weighted by Gasteiger charge is 2.62. The minimum absolute atomic E-state index is 0.0943. The van der Waals surface area contributed by atoms with E-state index in [0.29, 0.717) is 12.1 Å². The highest BCUT2D eigenvalue weighted by atomic mass is 16.2. The van der Waals surface area contributed by atoms with Gasteiger partial charge in [0.05, 0.1) is 23.4 Å². The molecule has 1 heterocycles. The van der Waals surface area contributed by atoms with Crippen molar-refractivity contribution < 1.29 is 14.4 Å². The molecule has 4 heteroatoms. The van der Waals surface area contributed by atoms with Gasteiger partial charge in [0.2, 0.25) is 11.8 Å². The van der Waals surface area contributed by atoms with E-state index in [2.05, 4.69) is 0 Å². The van der Waals surface area contributed by atoms with Gasteiger partial charge in [0.15, 0.2) is 0 Å². The fourth-order valence-electron chi connectivity index (χ4n) is 4.91. The standard InChI is InChI=1S/C21H17NO3/c1-11-6-8-12(9-7-11)22-20(24)18-15-10-16(23)17(19(18)21(22)25)14-5-3-2-4-13(14)15/h2-9,15,17-19H,10H2,1H3/t15-,17+,18-,19+/m1/s1. The molecule has 0 spiro atoms. The maximum absolute atomic E-state index is 13.1. The number of nitrogens with zero attached hydrogens (tertiary/aromatic N) is 1. The van der Waals surface area contributed by atoms with Crippen LogP contribution >= 0.6 is 0 Å². The summed E-state index contributed by atoms with van der Waals surface area (Å²) in [4.78, 5) is 40.2. The summed E-state index contributed by atoms with van der Waals surface area (Å²) in [6, 6.07) is 15.2. The van der Waals surface area contributed by atoms with Crippen LogP contribution in [0, 0.1) is 18.8 Å². The number of fused-ring (bicyclic) bond motifs is 1. The first-order valence-electron chi connectivity index (χ1n) is 8.64. The Balaban J connectivity index is 1.65. The van der Waals surface area contributed by atoms with E-state index in [1.165, 1.54) is 4.90 Å². The molecule has 1 saturated carbocycles. The van der Waals surface area contributed by atoms with Crippen molar-refractivity contribution in [1.29, 1.82) is 0 Å². The van der Waals surface area contributed by atoms with Crippen LogP contribution in [0.15, 0.2) is 48.5 Å². The first kappa shape index (κ1) is 14.6. The number of amides is 2. The zero-order valence-electron chi connectivity index (χ0n) is 13.8. The zero-order valence-corrected chi connectivity index (χ0v) is 13.8. The van der Waals surface area contributed by atoms with Crippen LogP contribution in [0.5, 0.6) is 0 Å². The summed E-state index contributed by atoms with van der Waals surface area (Å²) >= 11 is 0. The van der Waals surface area contributed by atoms with E-state index < -0.39 is 17.8 Å². The van der Waals surface area contributed by atoms with Crippen molar-refractivity contribution in [3.05, 3.63) is 65.2 Å². The van der Waals surface area contributed by atoms with Crippen molar-refractivity contribution in [1.82, 2.24) is 0 Å². The Kier molecular flexibility index (Phi) is 2.85. The summed E-state index contributed by atoms with van der Waals surface area (Å²) in [6.07, 6.45) is 0.365. The summed E-state index contributed by atoms with van der Waals surface area (Å²) in [7, 11) is 0. The number of hydrogen-bond donors (Lipinski definition) is 0. The summed E-state index contributed by atoms with van der Waals surface area (Å²) in [5, 5.41) is 0. The smallest absolute Gasteiger partial charge is 0.238 e. The quantitative estimate of drug-likeness (QED) is 0.755. The van der Waals surface area contributed by atoms with Gasteiger partial charge in [-0.3, -0.25) is 19.3 Å². The van der Waals surface area contributed by atoms with Crippen LogP contribution in [0.1, 0.15) is 34.9 Å². The molecule has 4 atom stereocenters. The lowest BCUT2D eigenvalue weighted by Gasteiger charge is -2.43. The number of ketones is 1. The van der Waals surface area contributed by atoms with Crippen LogP contribution in [0.2, 0.25) is 0 Å². The Morgan fingerprint density at radius 1 is 0.840 bits per heavy atom. The van der Waals surface area contributed by atoms with Gasteiger partial charge in [-0.15, -0.1) is 0 Å². The third-order valence-corrected chi connectivity index (χ3v) is 5.98. The van der Waals surface area contributed by atoms with Crippen molar-refractivity contribution in [3.63, 3.8) is 0 Å². The molecular formula is C21H17NO3. The maximum Gasteiger partial charge on any atom is 0.238 e. The molecular weight excluding hydrogens is 314 g/mol. The Morgan fingerprint density at radius 3 is 2.20 bits per heavy atom. The lowest BCUT2D eigenvalue weighted by atomic mass is 9.56. The number of imide groups is 1. The van der Waals surface area contributed by atoms with Crippen LogP contribution in [0.25, 0.3) is 0 Å². The van der Waals surface area contributed by atoms with Crippen LogP contribution in [0.4, 0.5) is 5.69 Å². The van der Waals surface area contributed by atoms with Gasteiger partial charge in [-0.2, -0.15) is 0 Å². The molecule has 3 aliphatic carbocycles. The Bertz CT molecular complexity index is 930. The predicted molar refractivity (Wildman–Crippen MR) is 92.2 cm³/mol. The molecule has 0 N–H and O–H groups in total. The van der Waals surface area contributed by atoms with Gasteiger partial charge in [0.1, 0.15) is 5.78 Å². The summed E-state index contributed by atoms with van der Waals surface area (Å²) in [5.74, 6) is -1.89. The molecule has 2 bridgehead atoms. The van der Waals surface area contributed by atoms with Gasteiger partial charge < -0.3 is 0 Å². The molecule has 4 aliphatic rings. The van der Waals surface area contributed by atoms with E-state index in [4.69, 9.17) is 0 Å². The SMILES string of the molecule is Cc1ccc(N2C(=O)[C@@H]3[C@H](C2=O)[C@@H]2CC(=O)[C@@H]3c3ccccc32)cc1. The van der Waals surface area contributed by atoms with Crippen molar-refractivity contribution in [2.75, 3.05) is 4.90 Å². The van der Waals surface area contributed by atoms with Gasteiger partial charge in [0, 0.05) is 12.3 Å². The molecule has 25 heavy (non-hydrogen) atoms. The summed E-state index contributed by atoms with van der Waals surface area (Å²) < 4.78 is 0. The summed E-state index contributed by atoms with van der Waals surface area (Å²) in [5.41, 5.74) is 3.69. The van der Waals surface area contributed by atoms with Crippen molar-refractivity contribution in [3.8, 4) is 0 Å². The second-order valence-electron chi connectivity index (χ2n) is 7.28. The number of benzene rings is 2. The second-order valence-corrected chi connectivity index (χ2v) is 7.28. The maximum atomic E-state index is 13.1. The molecule has 2 aromatic rings. The number of hydrogen-bond acceptors (Lipinski definition) is 3. The van der Waals surface area contributed by atoms with Gasteiger partial charge in [-0.1, -0.05) is 42.0 Å². The van der Waals surface area contributed by atoms with Crippen LogP contribution in [-0.4, -0.2) is 17.6 Å². The number of carbonyl (C=O) groups is 3. The highest BCUT2D eigenvalue weighted by Crippen LogP contribution is 2.57. The lowest BCUT2D eigenvalue weighted by molar-refractivity contribution is -0.134. The molecule has 2 fully saturated rings. The monoisotopic (exact) mass is 331 g/mol. The van der Waals surface area contributed by atoms with E-state index >= 15 is 0 Å². The van der Waals surface area contributed by atoms with Gasteiger partial charge in [-0.05, 0) is 30.2 Å². The molecule has 1 aliphatic heterocycles. The van der Waals surface area contributed by atoms with E-state index in [0.717, 1.165) is 16.7 Å². The van der Waals surface area contributed by atoms with E-state index in [1.807, 2.05) is 43.3 Å². The fraction of sp³-hybridized carbons (Fsp3) is 0.286. The normalized spacial score (nSPS) is 29.8. The lowest BCUT2D eigenvalue weighted by Crippen LogP contribution is -2.44. The topological polar surface area (TPSA) is 54.5 Å². The first-order chi connectivity index (χ1) is 12.1. The largest absolute Gasteiger partial charge is 0.299 e. The number of carbonyl (C=O) groups excluding carboxylic acids is 3. The average Bonchev–Trinajstić information content (AvgIpc) is 2.88. The van der Waals surface area contributed by atoms with Gasteiger partial charge in [0.25, 0.3) is 0 Å². The van der Waals surface area contributed by atoms with E-state index in [-0.39, 0.29) is 23.5 Å². The van der Waals surface area contributed by atoms with Crippen LogP contribution < -0.4 is 4.90 Å². The number of aryl methyl sites for hydroxylation is 1. The highest BCUT2D eigenvalue weighted by molar-refractivity contribution is 6.24. The molecule has 1 saturated heterocycles. The second kappa shape index (κ2) is 4.88. The number of anilines is 1. The van der Waals surface area contributed by atoms with E-state index in [1.54, 1.807) is 12.1 Å². The average molecular weight is 331 g/mol. The van der Waals surface area contributed by atoms with Crippen molar-refractivity contribution in [2.24, 2.45) is 11.8 Å². The van der Waals surface area contributed by atoms with Crippen LogP contribution in [-0.2, 0) is 14.4 Å². The molecule has 4 nitrogen and oxygen atoms in total. The molecule has 2 aromatic carbocycles. The van der Waals surface area contributed by atoms with Crippen LogP contribution in [0.3, 0.4) is 0 Å². The van der Waals surface area contributed by atoms with Gasteiger partial charge >= 0.3 is 0 Å². The molecule has 124 valence electrons. The fourth-order valence-corrected chi connectivity index (χ4v) is 4.91. The predicted octanol–water partition coefficient (Wildman–Crippen LogP) is 2.95. The first-order valence-corrected chi connectivity index (χ1v) is 8.64. The van der Waals surface area contributed by atoms with Crippen molar-refractivity contribution >= 4 is 23.3 Å². The molecule has 0 aromatic heterocycles. The third-order valence-electron chi connectivity index (χ3n) is 5.98. The minimum atomic E-state index is -0.546.